The molecule has 1 aromatic carbocycles. The van der Waals surface area contributed by atoms with Gasteiger partial charge in [0.2, 0.25) is 0 Å². The second-order valence-electron chi connectivity index (χ2n) is 4.16. The number of benzene rings is 1. The molecule has 1 atom stereocenters. The second-order valence-corrected chi connectivity index (χ2v) is 4.16. The van der Waals surface area contributed by atoms with Gasteiger partial charge in [0.15, 0.2) is 5.60 Å². The van der Waals surface area contributed by atoms with E-state index in [1.165, 1.54) is 6.92 Å². The van der Waals surface area contributed by atoms with Crippen molar-refractivity contribution in [3.05, 3.63) is 41.5 Å². The van der Waals surface area contributed by atoms with E-state index in [0.717, 1.165) is 11.1 Å². The van der Waals surface area contributed by atoms with Crippen LogP contribution in [0.5, 0.6) is 0 Å². The molecule has 2 N–H and O–H groups in total. The van der Waals surface area contributed by atoms with Gasteiger partial charge in [0.1, 0.15) is 0 Å². The molecule has 0 aliphatic rings. The zero-order valence-corrected chi connectivity index (χ0v) is 9.47. The van der Waals surface area contributed by atoms with Crippen molar-refractivity contribution >= 4 is 12.0 Å². The van der Waals surface area contributed by atoms with E-state index in [4.69, 9.17) is 5.11 Å². The molecule has 0 bridgehead atoms. The lowest BCUT2D eigenvalue weighted by Crippen LogP contribution is -2.34. The summed E-state index contributed by atoms with van der Waals surface area (Å²) in [4.78, 5) is 10.7. The topological polar surface area (TPSA) is 57.5 Å². The molecule has 0 aromatic heterocycles. The van der Waals surface area contributed by atoms with Crippen molar-refractivity contribution in [3.63, 3.8) is 0 Å². The predicted octanol–water partition coefficient (Wildman–Crippen LogP) is 2.32. The van der Waals surface area contributed by atoms with E-state index >= 15 is 0 Å². The molecular formula is C13H16O3. The van der Waals surface area contributed by atoms with E-state index in [9.17, 15) is 9.90 Å². The van der Waals surface area contributed by atoms with Gasteiger partial charge in [-0.1, -0.05) is 42.0 Å². The number of carboxylic acid groups (broad SMARTS) is 1. The monoisotopic (exact) mass is 220 g/mol. The molecule has 0 spiro atoms. The number of hydrogen-bond acceptors (Lipinski definition) is 2. The first-order valence-electron chi connectivity index (χ1n) is 5.10. The van der Waals surface area contributed by atoms with Crippen molar-refractivity contribution in [3.8, 4) is 0 Å². The molecule has 0 fully saturated rings. The number of carboxylic acids is 1. The molecule has 0 saturated carbocycles. The van der Waals surface area contributed by atoms with Gasteiger partial charge in [-0.2, -0.15) is 0 Å². The molecule has 0 saturated heterocycles. The summed E-state index contributed by atoms with van der Waals surface area (Å²) in [5, 5.41) is 18.4. The number of aliphatic hydroxyl groups is 1. The van der Waals surface area contributed by atoms with Crippen LogP contribution in [0, 0.1) is 0 Å². The Morgan fingerprint density at radius 2 is 1.94 bits per heavy atom. The van der Waals surface area contributed by atoms with Gasteiger partial charge in [-0.3, -0.25) is 0 Å². The first kappa shape index (κ1) is 12.5. The normalized spacial score (nSPS) is 15.6. The van der Waals surface area contributed by atoms with Gasteiger partial charge >= 0.3 is 5.97 Å². The van der Waals surface area contributed by atoms with E-state index in [2.05, 4.69) is 0 Å². The lowest BCUT2D eigenvalue weighted by atomic mass is 9.96. The zero-order chi connectivity index (χ0) is 12.2. The largest absolute Gasteiger partial charge is 0.479 e. The van der Waals surface area contributed by atoms with Crippen LogP contribution < -0.4 is 0 Å². The second kappa shape index (κ2) is 4.94. The van der Waals surface area contributed by atoms with E-state index in [-0.39, 0.29) is 6.42 Å². The molecule has 1 unspecified atom stereocenters. The molecule has 0 aliphatic heterocycles. The Morgan fingerprint density at radius 1 is 1.38 bits per heavy atom. The summed E-state index contributed by atoms with van der Waals surface area (Å²) in [5.41, 5.74) is 0.134. The lowest BCUT2D eigenvalue weighted by molar-refractivity contribution is -0.156. The van der Waals surface area contributed by atoms with Crippen molar-refractivity contribution in [1.82, 2.24) is 0 Å². The summed E-state index contributed by atoms with van der Waals surface area (Å²) in [7, 11) is 0. The van der Waals surface area contributed by atoms with Crippen LogP contribution in [0.4, 0.5) is 0 Å². The highest BCUT2D eigenvalue weighted by Gasteiger charge is 2.29. The van der Waals surface area contributed by atoms with Gasteiger partial charge in [-0.15, -0.1) is 0 Å². The average Bonchev–Trinajstić information content (AvgIpc) is 2.17. The molecule has 3 heteroatoms. The zero-order valence-electron chi connectivity index (χ0n) is 9.47. The van der Waals surface area contributed by atoms with Crippen LogP contribution in [0.2, 0.25) is 0 Å². The quantitative estimate of drug-likeness (QED) is 0.818. The minimum atomic E-state index is -1.70. The fourth-order valence-electron chi connectivity index (χ4n) is 1.50. The first-order chi connectivity index (χ1) is 7.42. The Bertz CT molecular complexity index is 391. The summed E-state index contributed by atoms with van der Waals surface area (Å²) in [6.07, 6.45) is 1.99. The molecule has 1 rings (SSSR count). The molecular weight excluding hydrogens is 204 g/mol. The molecule has 3 nitrogen and oxygen atoms in total. The summed E-state index contributed by atoms with van der Waals surface area (Å²) in [5.74, 6) is -1.20. The first-order valence-corrected chi connectivity index (χ1v) is 5.10. The Hall–Kier alpha value is -1.61. The van der Waals surface area contributed by atoms with Crippen LogP contribution in [0.15, 0.2) is 35.9 Å². The van der Waals surface area contributed by atoms with Crippen molar-refractivity contribution in [2.45, 2.75) is 25.9 Å². The highest BCUT2D eigenvalue weighted by Crippen LogP contribution is 2.18. The fraction of sp³-hybridized carbons (Fsp3) is 0.308. The summed E-state index contributed by atoms with van der Waals surface area (Å²) in [6, 6.07) is 9.60. The predicted molar refractivity (Wildman–Crippen MR) is 63.0 cm³/mol. The van der Waals surface area contributed by atoms with Crippen molar-refractivity contribution < 1.29 is 15.0 Å². The van der Waals surface area contributed by atoms with E-state index in [1.807, 2.05) is 43.3 Å². The van der Waals surface area contributed by atoms with Crippen LogP contribution in [0.1, 0.15) is 25.8 Å². The highest BCUT2D eigenvalue weighted by atomic mass is 16.4. The minimum Gasteiger partial charge on any atom is -0.479 e. The van der Waals surface area contributed by atoms with Crippen molar-refractivity contribution in [2.24, 2.45) is 0 Å². The molecule has 0 aliphatic carbocycles. The summed E-state index contributed by atoms with van der Waals surface area (Å²) in [6.45, 7) is 3.11. The third-order valence-electron chi connectivity index (χ3n) is 2.30. The van der Waals surface area contributed by atoms with Crippen LogP contribution in [-0.4, -0.2) is 21.8 Å². The van der Waals surface area contributed by atoms with Gasteiger partial charge in [0.25, 0.3) is 0 Å². The lowest BCUT2D eigenvalue weighted by Gasteiger charge is -2.17. The van der Waals surface area contributed by atoms with E-state index in [1.54, 1.807) is 0 Å². The van der Waals surface area contributed by atoms with Crippen LogP contribution in [-0.2, 0) is 4.79 Å². The average molecular weight is 220 g/mol. The third kappa shape index (κ3) is 3.51. The van der Waals surface area contributed by atoms with Crippen LogP contribution in [0.3, 0.4) is 0 Å². The summed E-state index contributed by atoms with van der Waals surface area (Å²) >= 11 is 0. The highest BCUT2D eigenvalue weighted by molar-refractivity contribution is 5.77. The molecule has 1 aromatic rings. The summed E-state index contributed by atoms with van der Waals surface area (Å²) < 4.78 is 0. The molecule has 0 heterocycles. The maximum atomic E-state index is 10.7. The van der Waals surface area contributed by atoms with Crippen molar-refractivity contribution in [1.29, 1.82) is 0 Å². The Balaban J connectivity index is 2.77. The molecule has 0 amide bonds. The Labute approximate surface area is 95.0 Å². The van der Waals surface area contributed by atoms with Crippen LogP contribution in [0.25, 0.3) is 6.08 Å². The van der Waals surface area contributed by atoms with Gasteiger partial charge < -0.3 is 10.2 Å². The molecule has 86 valence electrons. The number of rotatable bonds is 4. The van der Waals surface area contributed by atoms with E-state index in [0.29, 0.717) is 0 Å². The maximum Gasteiger partial charge on any atom is 0.335 e. The van der Waals surface area contributed by atoms with Crippen molar-refractivity contribution in [2.75, 3.05) is 0 Å². The van der Waals surface area contributed by atoms with Gasteiger partial charge in [0, 0.05) is 6.42 Å². The van der Waals surface area contributed by atoms with E-state index < -0.39 is 11.6 Å². The SMILES string of the molecule is C/C(=C\c1ccccc1)CC(C)(O)C(=O)O. The number of carbonyl (C=O) groups is 1. The number of hydrogen-bond donors (Lipinski definition) is 2. The fourth-order valence-corrected chi connectivity index (χ4v) is 1.50. The standard InChI is InChI=1S/C13H16O3/c1-10(9-13(2,16)12(14)15)8-11-6-4-3-5-7-11/h3-8,16H,9H2,1-2H3,(H,14,15)/b10-8+. The van der Waals surface area contributed by atoms with Crippen LogP contribution >= 0.6 is 0 Å². The smallest absolute Gasteiger partial charge is 0.335 e. The third-order valence-corrected chi connectivity index (χ3v) is 2.30. The Morgan fingerprint density at radius 3 is 2.44 bits per heavy atom. The minimum absolute atomic E-state index is 0.122. The number of aliphatic carboxylic acids is 1. The van der Waals surface area contributed by atoms with Gasteiger partial charge in [0.05, 0.1) is 0 Å². The Kier molecular flexibility index (Phi) is 3.85. The van der Waals surface area contributed by atoms with Gasteiger partial charge in [-0.25, -0.2) is 4.79 Å². The maximum absolute atomic E-state index is 10.7. The molecule has 16 heavy (non-hydrogen) atoms. The van der Waals surface area contributed by atoms with Gasteiger partial charge in [-0.05, 0) is 19.4 Å². The molecule has 0 radical (unpaired) electrons.